The highest BCUT2D eigenvalue weighted by atomic mass is 31.1. The van der Waals surface area contributed by atoms with Gasteiger partial charge in [-0.05, 0) is 62.3 Å². The van der Waals surface area contributed by atoms with E-state index in [-0.39, 0.29) is 7.92 Å². The van der Waals surface area contributed by atoms with Crippen molar-refractivity contribution in [2.45, 2.75) is 25.9 Å². The van der Waals surface area contributed by atoms with Crippen LogP contribution >= 0.6 is 15.8 Å². The number of benzene rings is 2. The second-order valence-corrected chi connectivity index (χ2v) is 12.7. The fourth-order valence-electron chi connectivity index (χ4n) is 3.90. The molecule has 0 bridgehead atoms. The van der Waals surface area contributed by atoms with E-state index in [1.165, 1.54) is 22.9 Å². The molecule has 148 valence electrons. The Morgan fingerprint density at radius 2 is 1.36 bits per heavy atom. The van der Waals surface area contributed by atoms with Gasteiger partial charge in [0.25, 0.3) is 0 Å². The number of nitrogens with zero attached hydrogens (tertiary/aromatic N) is 1. The molecule has 2 aromatic rings. The molecule has 0 N–H and O–H groups in total. The molecule has 1 aliphatic rings. The lowest BCUT2D eigenvalue weighted by atomic mass is 10.2. The summed E-state index contributed by atoms with van der Waals surface area (Å²) in [6.45, 7) is 5.87. The van der Waals surface area contributed by atoms with Crippen molar-refractivity contribution in [3.8, 4) is 0 Å². The van der Waals surface area contributed by atoms with E-state index in [0.717, 1.165) is 13.0 Å². The Labute approximate surface area is 174 Å². The van der Waals surface area contributed by atoms with Crippen LogP contribution in [0.5, 0.6) is 0 Å². The lowest BCUT2D eigenvalue weighted by molar-refractivity contribution is 0.414. The number of rotatable bonds is 9. The number of allylic oxidation sites excluding steroid dienone is 3. The van der Waals surface area contributed by atoms with Crippen LogP contribution in [-0.2, 0) is 0 Å². The normalized spacial score (nSPS) is 16.8. The predicted octanol–water partition coefficient (Wildman–Crippen LogP) is 5.79. The van der Waals surface area contributed by atoms with Gasteiger partial charge in [-0.15, -0.1) is 0 Å². The zero-order chi connectivity index (χ0) is 19.9. The van der Waals surface area contributed by atoms with Crippen LogP contribution in [0.4, 0.5) is 0 Å². The molecular weight excluding hydrogens is 376 g/mol. The van der Waals surface area contributed by atoms with Gasteiger partial charge in [-0.1, -0.05) is 94.6 Å². The molecule has 0 spiro atoms. The Morgan fingerprint density at radius 3 is 1.82 bits per heavy atom. The van der Waals surface area contributed by atoms with Gasteiger partial charge in [0.1, 0.15) is 0 Å². The van der Waals surface area contributed by atoms with Crippen LogP contribution in [0.3, 0.4) is 0 Å². The molecule has 0 saturated carbocycles. The van der Waals surface area contributed by atoms with Gasteiger partial charge in [0.05, 0.1) is 0 Å². The van der Waals surface area contributed by atoms with E-state index >= 15 is 0 Å². The van der Waals surface area contributed by atoms with Crippen molar-refractivity contribution in [2.24, 2.45) is 0 Å². The Morgan fingerprint density at radius 1 is 0.821 bits per heavy atom. The first-order valence-electron chi connectivity index (χ1n) is 10.4. The van der Waals surface area contributed by atoms with Crippen molar-refractivity contribution in [3.05, 3.63) is 83.7 Å². The minimum absolute atomic E-state index is 0.00461. The van der Waals surface area contributed by atoms with Gasteiger partial charge in [-0.3, -0.25) is 0 Å². The second-order valence-electron chi connectivity index (χ2n) is 7.50. The fourth-order valence-corrected chi connectivity index (χ4v) is 9.43. The molecule has 1 unspecified atom stereocenters. The topological polar surface area (TPSA) is 3.24 Å². The van der Waals surface area contributed by atoms with E-state index in [1.54, 1.807) is 10.9 Å². The van der Waals surface area contributed by atoms with Crippen molar-refractivity contribution >= 4 is 26.5 Å². The summed E-state index contributed by atoms with van der Waals surface area (Å²) in [5.74, 6) is 0. The zero-order valence-electron chi connectivity index (χ0n) is 17.7. The average molecular weight is 409 g/mol. The smallest absolute Gasteiger partial charge is 0.0237 e. The summed E-state index contributed by atoms with van der Waals surface area (Å²) in [7, 11) is 3.86. The molecule has 2 aromatic carbocycles. The predicted molar refractivity (Wildman–Crippen MR) is 130 cm³/mol. The van der Waals surface area contributed by atoms with Crippen molar-refractivity contribution in [1.82, 2.24) is 4.90 Å². The van der Waals surface area contributed by atoms with Crippen LogP contribution in [-0.4, -0.2) is 43.5 Å². The van der Waals surface area contributed by atoms with Gasteiger partial charge < -0.3 is 4.90 Å². The molecule has 1 nitrogen and oxygen atoms in total. The molecule has 0 radical (unpaired) electrons. The summed E-state index contributed by atoms with van der Waals surface area (Å²) >= 11 is 0. The van der Waals surface area contributed by atoms with Gasteiger partial charge >= 0.3 is 0 Å². The van der Waals surface area contributed by atoms with E-state index in [9.17, 15) is 0 Å². The lowest BCUT2D eigenvalue weighted by Crippen LogP contribution is -2.19. The number of hydrogen-bond acceptors (Lipinski definition) is 1. The van der Waals surface area contributed by atoms with Gasteiger partial charge in [-0.2, -0.15) is 0 Å². The third-order valence-electron chi connectivity index (χ3n) is 5.39. The molecule has 3 rings (SSSR count). The van der Waals surface area contributed by atoms with E-state index in [0.29, 0.717) is 5.66 Å². The summed E-state index contributed by atoms with van der Waals surface area (Å²) in [5.41, 5.74) is 2.22. The van der Waals surface area contributed by atoms with Crippen LogP contribution in [0.2, 0.25) is 0 Å². The van der Waals surface area contributed by atoms with Crippen molar-refractivity contribution in [2.75, 3.05) is 33.0 Å². The summed E-state index contributed by atoms with van der Waals surface area (Å²) in [6, 6.07) is 22.4. The lowest BCUT2D eigenvalue weighted by Gasteiger charge is -2.31. The molecule has 0 saturated heterocycles. The quantitative estimate of drug-likeness (QED) is 0.474. The molecule has 0 aromatic heterocycles. The van der Waals surface area contributed by atoms with Gasteiger partial charge in [0.2, 0.25) is 0 Å². The van der Waals surface area contributed by atoms with E-state index < -0.39 is 7.92 Å². The number of hydrogen-bond donors (Lipinski definition) is 0. The largest absolute Gasteiger partial charge is 0.309 e. The molecule has 0 heterocycles. The molecule has 3 heteroatoms. The first-order chi connectivity index (χ1) is 13.7. The zero-order valence-corrected chi connectivity index (χ0v) is 19.5. The maximum absolute atomic E-state index is 2.54. The van der Waals surface area contributed by atoms with Crippen LogP contribution in [0.25, 0.3) is 0 Å². The average Bonchev–Trinajstić information content (AvgIpc) is 3.13. The molecule has 0 fully saturated rings. The maximum Gasteiger partial charge on any atom is 0.0237 e. The van der Waals surface area contributed by atoms with E-state index in [2.05, 4.69) is 106 Å². The van der Waals surface area contributed by atoms with Crippen molar-refractivity contribution in [3.63, 3.8) is 0 Å². The van der Waals surface area contributed by atoms with Gasteiger partial charge in [0.15, 0.2) is 0 Å². The Hall–Kier alpha value is -1.26. The summed E-state index contributed by atoms with van der Waals surface area (Å²) in [4.78, 5) is 2.31. The van der Waals surface area contributed by atoms with Gasteiger partial charge in [0, 0.05) is 12.2 Å². The molecule has 0 amide bonds. The van der Waals surface area contributed by atoms with Crippen LogP contribution in [0.1, 0.15) is 20.3 Å². The maximum atomic E-state index is 2.54. The Kier molecular flexibility index (Phi) is 8.04. The van der Waals surface area contributed by atoms with Crippen LogP contribution in [0, 0.1) is 0 Å². The molecule has 1 aliphatic carbocycles. The third kappa shape index (κ3) is 5.01. The summed E-state index contributed by atoms with van der Waals surface area (Å²) in [5, 5.41) is 4.69. The Balaban J connectivity index is 2.12. The monoisotopic (exact) mass is 409 g/mol. The summed E-state index contributed by atoms with van der Waals surface area (Å²) < 4.78 is 0. The molecule has 28 heavy (non-hydrogen) atoms. The first-order valence-corrected chi connectivity index (χ1v) is 13.5. The van der Waals surface area contributed by atoms with Crippen molar-refractivity contribution < 1.29 is 0 Å². The molecule has 1 atom stereocenters. The highest BCUT2D eigenvalue weighted by Gasteiger charge is 2.32. The standard InChI is InChI=1S/C25H33NP2/c1-5-27(6-2)24-18-17-21(19-20-26(3)4)25(24)28(22-13-9-7-10-14-22)23-15-11-8-12-16-23/h7-18,24H,5-6,19-20H2,1-4H3. The summed E-state index contributed by atoms with van der Waals surface area (Å²) in [6.07, 6.45) is 8.76. The molecular formula is C25H33NP2. The highest BCUT2D eigenvalue weighted by Crippen LogP contribution is 2.59. The minimum atomic E-state index is -0.491. The van der Waals surface area contributed by atoms with Crippen molar-refractivity contribution in [1.29, 1.82) is 0 Å². The highest BCUT2D eigenvalue weighted by molar-refractivity contribution is 7.78. The van der Waals surface area contributed by atoms with Crippen LogP contribution in [0.15, 0.2) is 83.7 Å². The SMILES string of the molecule is CCP(CC)C1C=CC(CCN(C)C)=C1P(c1ccccc1)c1ccccc1. The molecule has 0 aliphatic heterocycles. The third-order valence-corrected chi connectivity index (χ3v) is 11.1. The minimum Gasteiger partial charge on any atom is -0.309 e. The van der Waals surface area contributed by atoms with E-state index in [4.69, 9.17) is 0 Å². The first kappa shape index (κ1) is 21.4. The van der Waals surface area contributed by atoms with Gasteiger partial charge in [-0.25, -0.2) is 0 Å². The fraction of sp³-hybridized carbons (Fsp3) is 0.360. The van der Waals surface area contributed by atoms with E-state index in [1.807, 2.05) is 0 Å². The second kappa shape index (κ2) is 10.5. The Bertz CT molecular complexity index is 752. The van der Waals surface area contributed by atoms with Crippen LogP contribution < -0.4 is 10.6 Å².